The van der Waals surface area contributed by atoms with E-state index in [-0.39, 0.29) is 25.2 Å². The molecule has 4 heterocycles. The molecule has 3 aromatic rings. The van der Waals surface area contributed by atoms with E-state index in [1.54, 1.807) is 59.1 Å². The largest absolute Gasteiger partial charge is 0.474 e. The summed E-state index contributed by atoms with van der Waals surface area (Å²) in [6.07, 6.45) is 3.33. The van der Waals surface area contributed by atoms with Crippen molar-refractivity contribution in [1.82, 2.24) is 15.3 Å². The Bertz CT molecular complexity index is 1450. The minimum absolute atomic E-state index is 0.0443. The summed E-state index contributed by atoms with van der Waals surface area (Å²) in [7, 11) is 0. The van der Waals surface area contributed by atoms with Crippen LogP contribution >= 0.6 is 0 Å². The van der Waals surface area contributed by atoms with Gasteiger partial charge in [0.2, 0.25) is 5.88 Å². The first-order valence-corrected chi connectivity index (χ1v) is 12.9. The highest BCUT2D eigenvalue weighted by molar-refractivity contribution is 5.97. The van der Waals surface area contributed by atoms with Crippen LogP contribution in [0.5, 0.6) is 5.88 Å². The van der Waals surface area contributed by atoms with Gasteiger partial charge in [0.05, 0.1) is 19.2 Å². The van der Waals surface area contributed by atoms with Crippen LogP contribution in [-0.2, 0) is 9.47 Å². The molecule has 39 heavy (non-hydrogen) atoms. The molecule has 2 N–H and O–H groups in total. The van der Waals surface area contributed by atoms with Crippen molar-refractivity contribution in [1.29, 1.82) is 0 Å². The molecule has 1 aromatic carbocycles. The lowest BCUT2D eigenvalue weighted by Crippen LogP contribution is -2.42. The fraction of sp³-hybridized carbons (Fsp3) is 0.429. The van der Waals surface area contributed by atoms with Gasteiger partial charge in [0, 0.05) is 35.5 Å². The van der Waals surface area contributed by atoms with Gasteiger partial charge in [-0.25, -0.2) is 23.9 Å². The zero-order valence-corrected chi connectivity index (χ0v) is 22.7. The lowest BCUT2D eigenvalue weighted by molar-refractivity contribution is 0.0566. The minimum atomic E-state index is -0.683. The van der Waals surface area contributed by atoms with Crippen molar-refractivity contribution in [2.45, 2.75) is 52.7 Å². The van der Waals surface area contributed by atoms with Crippen LogP contribution in [0.1, 0.15) is 38.3 Å². The number of urea groups is 1. The van der Waals surface area contributed by atoms with Crippen LogP contribution in [0.3, 0.4) is 0 Å². The molecule has 0 aliphatic carbocycles. The molecule has 0 radical (unpaired) electrons. The van der Waals surface area contributed by atoms with Crippen molar-refractivity contribution in [3.63, 3.8) is 0 Å². The molecule has 2 aliphatic heterocycles. The first-order valence-electron chi connectivity index (χ1n) is 12.9. The number of benzene rings is 1. The molecule has 5 rings (SSSR count). The topological polar surface area (TPSA) is 115 Å². The van der Waals surface area contributed by atoms with Crippen molar-refractivity contribution in [2.75, 3.05) is 36.6 Å². The van der Waals surface area contributed by atoms with Gasteiger partial charge >= 0.3 is 12.1 Å². The summed E-state index contributed by atoms with van der Waals surface area (Å²) in [6.45, 7) is 10.5. The van der Waals surface area contributed by atoms with Crippen LogP contribution in [0.4, 0.5) is 25.5 Å². The number of carbonyl (C=O) groups is 2. The van der Waals surface area contributed by atoms with E-state index in [1.807, 2.05) is 0 Å². The Kier molecular flexibility index (Phi) is 7.02. The number of hydrogen-bond donors (Lipinski definition) is 2. The second kappa shape index (κ2) is 10.3. The van der Waals surface area contributed by atoms with Gasteiger partial charge in [-0.05, 0) is 69.7 Å². The smallest absolute Gasteiger partial charge is 0.415 e. The summed E-state index contributed by atoms with van der Waals surface area (Å²) in [5, 5.41) is 6.91. The van der Waals surface area contributed by atoms with Crippen LogP contribution in [0.2, 0.25) is 0 Å². The predicted molar refractivity (Wildman–Crippen MR) is 145 cm³/mol. The fourth-order valence-corrected chi connectivity index (χ4v) is 4.80. The Balaban J connectivity index is 1.51. The second-order valence-electron chi connectivity index (χ2n) is 10.7. The second-order valence-corrected chi connectivity index (χ2v) is 10.7. The van der Waals surface area contributed by atoms with Crippen LogP contribution in [-0.4, -0.2) is 60.1 Å². The average molecular weight is 538 g/mol. The van der Waals surface area contributed by atoms with E-state index in [9.17, 15) is 9.59 Å². The lowest BCUT2D eigenvalue weighted by Gasteiger charge is -2.32. The van der Waals surface area contributed by atoms with Crippen LogP contribution < -0.4 is 20.3 Å². The molecular formula is C28H32FN5O5. The molecule has 11 heteroatoms. The van der Waals surface area contributed by atoms with E-state index < -0.39 is 17.5 Å². The van der Waals surface area contributed by atoms with E-state index in [4.69, 9.17) is 14.2 Å². The number of halogens is 1. The Morgan fingerprint density at radius 2 is 1.90 bits per heavy atom. The molecule has 2 aromatic heterocycles. The third-order valence-corrected chi connectivity index (χ3v) is 6.71. The summed E-state index contributed by atoms with van der Waals surface area (Å²) >= 11 is 0. The molecule has 206 valence electrons. The van der Waals surface area contributed by atoms with Crippen molar-refractivity contribution in [3.8, 4) is 17.0 Å². The molecule has 1 unspecified atom stereocenters. The van der Waals surface area contributed by atoms with E-state index in [2.05, 4.69) is 20.6 Å². The highest BCUT2D eigenvalue weighted by Gasteiger charge is 2.32. The summed E-state index contributed by atoms with van der Waals surface area (Å²) in [6, 6.07) is 2.98. The molecule has 1 fully saturated rings. The predicted octanol–water partition coefficient (Wildman–Crippen LogP) is 5.10. The van der Waals surface area contributed by atoms with Crippen LogP contribution in [0.25, 0.3) is 21.9 Å². The number of amides is 3. The zero-order chi connectivity index (χ0) is 27.9. The normalized spacial score (nSPS) is 17.0. The number of aryl methyl sites for hydroxylation is 1. The summed E-state index contributed by atoms with van der Waals surface area (Å²) in [5.41, 5.74) is 1.64. The number of carbonyl (C=O) groups excluding carboxylic acids is 2. The standard InChI is InChI=1S/C28H32FN5O5/c1-15-20-12-30-22(33-26(35)32-18-6-8-37-14-18)11-17(20)10-19(23(15)29)21-13-31-25-24(16(21)2)34(7-9-38-25)27(36)39-28(3,4)5/h10-13,18H,6-9,14H2,1-5H3,(H2,30,32,33,35). The Hall–Kier alpha value is -3.99. The van der Waals surface area contributed by atoms with Crippen molar-refractivity contribution >= 4 is 34.4 Å². The highest BCUT2D eigenvalue weighted by Crippen LogP contribution is 2.41. The number of anilines is 2. The number of rotatable bonds is 3. The van der Waals surface area contributed by atoms with E-state index in [0.717, 1.165) is 6.42 Å². The number of aromatic nitrogens is 2. The lowest BCUT2D eigenvalue weighted by atomic mass is 9.95. The molecule has 0 bridgehead atoms. The monoisotopic (exact) mass is 537 g/mol. The Labute approximate surface area is 225 Å². The van der Waals surface area contributed by atoms with Crippen molar-refractivity contribution < 1.29 is 28.2 Å². The summed E-state index contributed by atoms with van der Waals surface area (Å²) in [5.74, 6) is 0.204. The maximum atomic E-state index is 15.8. The average Bonchev–Trinajstić information content (AvgIpc) is 3.38. The maximum absolute atomic E-state index is 15.8. The van der Waals surface area contributed by atoms with Crippen molar-refractivity contribution in [2.24, 2.45) is 0 Å². The molecule has 3 amide bonds. The molecule has 0 spiro atoms. The molecule has 0 saturated carbocycles. The Morgan fingerprint density at radius 3 is 2.62 bits per heavy atom. The van der Waals surface area contributed by atoms with Gasteiger partial charge in [-0.2, -0.15) is 0 Å². The third kappa shape index (κ3) is 5.44. The highest BCUT2D eigenvalue weighted by atomic mass is 19.1. The zero-order valence-electron chi connectivity index (χ0n) is 22.7. The van der Waals surface area contributed by atoms with Gasteiger partial charge in [0.25, 0.3) is 0 Å². The Morgan fingerprint density at radius 1 is 1.10 bits per heavy atom. The molecule has 10 nitrogen and oxygen atoms in total. The number of hydrogen-bond acceptors (Lipinski definition) is 7. The van der Waals surface area contributed by atoms with Gasteiger partial charge in [-0.3, -0.25) is 10.2 Å². The van der Waals surface area contributed by atoms with Gasteiger partial charge in [0.1, 0.15) is 29.5 Å². The van der Waals surface area contributed by atoms with Crippen molar-refractivity contribution in [3.05, 3.63) is 41.5 Å². The quantitative estimate of drug-likeness (QED) is 0.478. The molecule has 2 aliphatic rings. The maximum Gasteiger partial charge on any atom is 0.415 e. The van der Waals surface area contributed by atoms with Crippen LogP contribution in [0, 0.1) is 19.7 Å². The van der Waals surface area contributed by atoms with Gasteiger partial charge < -0.3 is 19.5 Å². The van der Waals surface area contributed by atoms with Crippen LogP contribution in [0.15, 0.2) is 24.5 Å². The summed E-state index contributed by atoms with van der Waals surface area (Å²) in [4.78, 5) is 35.6. The first-order chi connectivity index (χ1) is 18.5. The van der Waals surface area contributed by atoms with E-state index >= 15 is 4.39 Å². The number of fused-ring (bicyclic) bond motifs is 2. The first kappa shape index (κ1) is 26.6. The number of nitrogens with one attached hydrogen (secondary N) is 2. The van der Waals surface area contributed by atoms with E-state index in [1.165, 1.54) is 4.90 Å². The summed E-state index contributed by atoms with van der Waals surface area (Å²) < 4.78 is 32.4. The fourth-order valence-electron chi connectivity index (χ4n) is 4.80. The van der Waals surface area contributed by atoms with Gasteiger partial charge in [-0.1, -0.05) is 0 Å². The van der Waals surface area contributed by atoms with Gasteiger partial charge in [-0.15, -0.1) is 0 Å². The van der Waals surface area contributed by atoms with Gasteiger partial charge in [0.15, 0.2) is 0 Å². The molecule has 1 saturated heterocycles. The minimum Gasteiger partial charge on any atom is -0.474 e. The number of pyridine rings is 2. The number of ether oxygens (including phenoxy) is 3. The SMILES string of the molecule is Cc1c(-c2cc3cc(NC(=O)NC4CCOC4)ncc3c(C)c2F)cnc2c1N(C(=O)OC(C)(C)C)CCO2. The number of nitrogens with zero attached hydrogens (tertiary/aromatic N) is 3. The third-order valence-electron chi connectivity index (χ3n) is 6.71. The van der Waals surface area contributed by atoms with E-state index in [0.29, 0.717) is 63.6 Å². The molecular weight excluding hydrogens is 505 g/mol. The molecule has 1 atom stereocenters.